The third kappa shape index (κ3) is 3.67. The number of hydrogen-bond donors (Lipinski definition) is 2. The molecule has 0 spiro atoms. The van der Waals surface area contributed by atoms with Crippen molar-refractivity contribution in [3.63, 3.8) is 0 Å². The molecule has 84 valence electrons. The fraction of sp³-hybridized carbons (Fsp3) is 0.667. The molecule has 3 N–H and O–H groups in total. The Bertz CT molecular complexity index is 297. The number of aromatic nitrogens is 2. The van der Waals surface area contributed by atoms with E-state index in [0.717, 1.165) is 0 Å². The first-order valence-electron chi connectivity index (χ1n) is 4.90. The van der Waals surface area contributed by atoms with Crippen molar-refractivity contribution < 1.29 is 9.32 Å². The summed E-state index contributed by atoms with van der Waals surface area (Å²) in [5.74, 6) is 0.279. The maximum atomic E-state index is 11.5. The number of rotatable bonds is 5. The Kier molecular flexibility index (Phi) is 4.23. The molecule has 1 aromatic heterocycles. The van der Waals surface area contributed by atoms with E-state index in [9.17, 15) is 4.79 Å². The molecule has 0 saturated heterocycles. The van der Waals surface area contributed by atoms with Gasteiger partial charge in [-0.1, -0.05) is 12.1 Å². The predicted molar refractivity (Wildman–Crippen MR) is 53.8 cm³/mol. The standard InChI is InChI=1S/C9H16N4O2/c1-6(7(2)10)9(14)11-4-3-8-12-5-13-15-8/h5-7H,3-4,10H2,1-2H3,(H,11,14). The van der Waals surface area contributed by atoms with E-state index in [1.807, 2.05) is 6.92 Å². The van der Waals surface area contributed by atoms with Gasteiger partial charge in [-0.25, -0.2) is 0 Å². The maximum absolute atomic E-state index is 11.5. The number of nitrogens with one attached hydrogen (secondary N) is 1. The quantitative estimate of drug-likeness (QED) is 0.699. The number of hydrogen-bond acceptors (Lipinski definition) is 5. The van der Waals surface area contributed by atoms with Gasteiger partial charge in [0.15, 0.2) is 6.33 Å². The molecule has 6 heteroatoms. The monoisotopic (exact) mass is 212 g/mol. The van der Waals surface area contributed by atoms with E-state index in [1.165, 1.54) is 6.33 Å². The van der Waals surface area contributed by atoms with E-state index in [2.05, 4.69) is 15.5 Å². The molecule has 0 fully saturated rings. The van der Waals surface area contributed by atoms with Crippen LogP contribution in [0.5, 0.6) is 0 Å². The average molecular weight is 212 g/mol. The molecule has 0 aliphatic rings. The normalized spacial score (nSPS) is 14.6. The van der Waals surface area contributed by atoms with E-state index >= 15 is 0 Å². The van der Waals surface area contributed by atoms with Gasteiger partial charge < -0.3 is 15.6 Å². The summed E-state index contributed by atoms with van der Waals surface area (Å²) < 4.78 is 4.79. The van der Waals surface area contributed by atoms with E-state index in [-0.39, 0.29) is 17.9 Å². The lowest BCUT2D eigenvalue weighted by molar-refractivity contribution is -0.124. The van der Waals surface area contributed by atoms with Crippen LogP contribution in [-0.2, 0) is 11.2 Å². The molecular formula is C9H16N4O2. The summed E-state index contributed by atoms with van der Waals surface area (Å²) in [6.45, 7) is 4.09. The van der Waals surface area contributed by atoms with Crippen molar-refractivity contribution in [1.29, 1.82) is 0 Å². The summed E-state index contributed by atoms with van der Waals surface area (Å²) in [4.78, 5) is 15.3. The van der Waals surface area contributed by atoms with Crippen LogP contribution in [0.4, 0.5) is 0 Å². The highest BCUT2D eigenvalue weighted by atomic mass is 16.5. The summed E-state index contributed by atoms with van der Waals surface area (Å²) in [5, 5.41) is 6.22. The Morgan fingerprint density at radius 3 is 2.93 bits per heavy atom. The molecule has 0 aliphatic carbocycles. The van der Waals surface area contributed by atoms with E-state index in [1.54, 1.807) is 6.92 Å². The molecule has 1 aromatic rings. The predicted octanol–water partition coefficient (Wildman–Crippen LogP) is -0.288. The number of carbonyl (C=O) groups excluding carboxylic acids is 1. The second kappa shape index (κ2) is 5.45. The average Bonchev–Trinajstić information content (AvgIpc) is 2.69. The zero-order chi connectivity index (χ0) is 11.3. The van der Waals surface area contributed by atoms with Crippen LogP contribution >= 0.6 is 0 Å². The van der Waals surface area contributed by atoms with E-state index < -0.39 is 0 Å². The summed E-state index contributed by atoms with van der Waals surface area (Å²) in [5.41, 5.74) is 5.60. The first-order valence-corrected chi connectivity index (χ1v) is 4.90. The van der Waals surface area contributed by atoms with Gasteiger partial charge in [-0.05, 0) is 6.92 Å². The number of nitrogens with zero attached hydrogens (tertiary/aromatic N) is 2. The lowest BCUT2D eigenvalue weighted by Gasteiger charge is -2.14. The molecule has 0 radical (unpaired) electrons. The van der Waals surface area contributed by atoms with Gasteiger partial charge in [-0.15, -0.1) is 0 Å². The molecular weight excluding hydrogens is 196 g/mol. The molecule has 0 aromatic carbocycles. The van der Waals surface area contributed by atoms with Crippen LogP contribution in [0.2, 0.25) is 0 Å². The van der Waals surface area contributed by atoms with Gasteiger partial charge in [-0.2, -0.15) is 4.98 Å². The fourth-order valence-corrected chi connectivity index (χ4v) is 0.999. The van der Waals surface area contributed by atoms with Gasteiger partial charge in [-0.3, -0.25) is 4.79 Å². The van der Waals surface area contributed by atoms with Crippen LogP contribution in [0.3, 0.4) is 0 Å². The highest BCUT2D eigenvalue weighted by Crippen LogP contribution is 1.99. The largest absolute Gasteiger partial charge is 0.355 e. The maximum Gasteiger partial charge on any atom is 0.228 e. The van der Waals surface area contributed by atoms with Gasteiger partial charge >= 0.3 is 0 Å². The van der Waals surface area contributed by atoms with Crippen LogP contribution in [0.25, 0.3) is 0 Å². The SMILES string of the molecule is CC(N)C(C)C(=O)NCCc1ncno1. The van der Waals surface area contributed by atoms with Gasteiger partial charge in [0.2, 0.25) is 11.8 Å². The Labute approximate surface area is 88.2 Å². The van der Waals surface area contributed by atoms with Gasteiger partial charge in [0.1, 0.15) is 0 Å². The minimum absolute atomic E-state index is 0.0514. The van der Waals surface area contributed by atoms with Crippen molar-refractivity contribution in [3.05, 3.63) is 12.2 Å². The summed E-state index contributed by atoms with van der Waals surface area (Å²) in [6, 6.07) is -0.145. The summed E-state index contributed by atoms with van der Waals surface area (Å²) >= 11 is 0. The van der Waals surface area contributed by atoms with Crippen LogP contribution in [0, 0.1) is 5.92 Å². The topological polar surface area (TPSA) is 94.0 Å². The summed E-state index contributed by atoms with van der Waals surface area (Å²) in [7, 11) is 0. The Morgan fingerprint density at radius 2 is 2.40 bits per heavy atom. The Hall–Kier alpha value is -1.43. The number of nitrogens with two attached hydrogens (primary N) is 1. The minimum Gasteiger partial charge on any atom is -0.355 e. The minimum atomic E-state index is -0.187. The molecule has 6 nitrogen and oxygen atoms in total. The van der Waals surface area contributed by atoms with Crippen LogP contribution in [0.15, 0.2) is 10.9 Å². The molecule has 2 unspecified atom stereocenters. The van der Waals surface area contributed by atoms with Crippen molar-refractivity contribution in [2.24, 2.45) is 11.7 Å². The zero-order valence-electron chi connectivity index (χ0n) is 8.93. The highest BCUT2D eigenvalue weighted by molar-refractivity contribution is 5.78. The Balaban J connectivity index is 2.23. The zero-order valence-corrected chi connectivity index (χ0v) is 8.93. The molecule has 15 heavy (non-hydrogen) atoms. The van der Waals surface area contributed by atoms with Gasteiger partial charge in [0, 0.05) is 24.9 Å². The van der Waals surface area contributed by atoms with Crippen LogP contribution in [-0.4, -0.2) is 28.6 Å². The van der Waals surface area contributed by atoms with E-state index in [4.69, 9.17) is 10.3 Å². The number of amides is 1. The van der Waals surface area contributed by atoms with Crippen LogP contribution < -0.4 is 11.1 Å². The third-order valence-corrected chi connectivity index (χ3v) is 2.25. The summed E-state index contributed by atoms with van der Waals surface area (Å²) in [6.07, 6.45) is 1.87. The Morgan fingerprint density at radius 1 is 1.67 bits per heavy atom. The molecule has 0 saturated carbocycles. The molecule has 1 amide bonds. The smallest absolute Gasteiger partial charge is 0.228 e. The lowest BCUT2D eigenvalue weighted by atomic mass is 10.0. The first kappa shape index (κ1) is 11.6. The second-order valence-electron chi connectivity index (χ2n) is 3.52. The highest BCUT2D eigenvalue weighted by Gasteiger charge is 2.16. The van der Waals surface area contributed by atoms with Crippen molar-refractivity contribution in [2.45, 2.75) is 26.3 Å². The number of carbonyl (C=O) groups is 1. The van der Waals surface area contributed by atoms with Crippen molar-refractivity contribution >= 4 is 5.91 Å². The molecule has 2 atom stereocenters. The van der Waals surface area contributed by atoms with Crippen molar-refractivity contribution in [1.82, 2.24) is 15.5 Å². The van der Waals surface area contributed by atoms with Crippen LogP contribution in [0.1, 0.15) is 19.7 Å². The molecule has 0 aliphatic heterocycles. The fourth-order valence-electron chi connectivity index (χ4n) is 0.999. The lowest BCUT2D eigenvalue weighted by Crippen LogP contribution is -2.39. The van der Waals surface area contributed by atoms with Gasteiger partial charge in [0.05, 0.1) is 0 Å². The van der Waals surface area contributed by atoms with Crippen molar-refractivity contribution in [3.8, 4) is 0 Å². The second-order valence-corrected chi connectivity index (χ2v) is 3.52. The van der Waals surface area contributed by atoms with Gasteiger partial charge in [0.25, 0.3) is 0 Å². The molecule has 0 bridgehead atoms. The van der Waals surface area contributed by atoms with E-state index in [0.29, 0.717) is 18.9 Å². The van der Waals surface area contributed by atoms with Crippen molar-refractivity contribution in [2.75, 3.05) is 6.54 Å². The first-order chi connectivity index (χ1) is 7.11. The molecule has 1 heterocycles. The molecule has 1 rings (SSSR count). The third-order valence-electron chi connectivity index (χ3n) is 2.25.